The Hall–Kier alpha value is -2.60. The third-order valence-corrected chi connectivity index (χ3v) is 6.21. The van der Waals surface area contributed by atoms with Crippen LogP contribution in [0.1, 0.15) is 30.5 Å². The van der Waals surface area contributed by atoms with Crippen LogP contribution in [-0.4, -0.2) is 33.0 Å². The SMILES string of the molecule is O=C(CCSc1ccccc1)NCCn1nc(-c2ccncc2)c2c1CCCC2. The summed E-state index contributed by atoms with van der Waals surface area (Å²) in [5, 5.41) is 7.94. The first-order valence-corrected chi connectivity index (χ1v) is 11.2. The third-order valence-electron chi connectivity index (χ3n) is 5.20. The number of rotatable bonds is 8. The molecule has 0 saturated heterocycles. The molecule has 0 saturated carbocycles. The first-order valence-electron chi connectivity index (χ1n) is 10.2. The van der Waals surface area contributed by atoms with Gasteiger partial charge in [0.15, 0.2) is 0 Å². The summed E-state index contributed by atoms with van der Waals surface area (Å²) in [7, 11) is 0. The van der Waals surface area contributed by atoms with E-state index in [0.29, 0.717) is 19.5 Å². The van der Waals surface area contributed by atoms with Crippen molar-refractivity contribution >= 4 is 17.7 Å². The van der Waals surface area contributed by atoms with Crippen LogP contribution in [0.3, 0.4) is 0 Å². The second-order valence-corrected chi connectivity index (χ2v) is 8.37. The van der Waals surface area contributed by atoms with E-state index in [9.17, 15) is 4.79 Å². The molecule has 3 aromatic rings. The van der Waals surface area contributed by atoms with Gasteiger partial charge in [-0.3, -0.25) is 14.5 Å². The van der Waals surface area contributed by atoms with Gasteiger partial charge in [0.1, 0.15) is 0 Å². The van der Waals surface area contributed by atoms with Crippen molar-refractivity contribution in [3.05, 3.63) is 66.1 Å². The zero-order valence-electron chi connectivity index (χ0n) is 16.5. The van der Waals surface area contributed by atoms with Crippen LogP contribution in [0.4, 0.5) is 0 Å². The van der Waals surface area contributed by atoms with E-state index >= 15 is 0 Å². The minimum atomic E-state index is 0.101. The Morgan fingerprint density at radius 3 is 2.69 bits per heavy atom. The minimum absolute atomic E-state index is 0.101. The van der Waals surface area contributed by atoms with Gasteiger partial charge >= 0.3 is 0 Å². The van der Waals surface area contributed by atoms with Crippen LogP contribution >= 0.6 is 11.8 Å². The maximum Gasteiger partial charge on any atom is 0.220 e. The van der Waals surface area contributed by atoms with E-state index in [1.54, 1.807) is 11.8 Å². The monoisotopic (exact) mass is 406 g/mol. The Morgan fingerprint density at radius 1 is 1.07 bits per heavy atom. The number of nitrogens with zero attached hydrogens (tertiary/aromatic N) is 3. The second-order valence-electron chi connectivity index (χ2n) is 7.20. The highest BCUT2D eigenvalue weighted by atomic mass is 32.2. The van der Waals surface area contributed by atoms with E-state index in [1.807, 2.05) is 42.7 Å². The molecule has 6 heteroatoms. The molecule has 2 aromatic heterocycles. The van der Waals surface area contributed by atoms with E-state index in [2.05, 4.69) is 27.1 Å². The molecule has 150 valence electrons. The topological polar surface area (TPSA) is 59.8 Å². The van der Waals surface area contributed by atoms with Gasteiger partial charge in [0.2, 0.25) is 5.91 Å². The van der Waals surface area contributed by atoms with E-state index in [4.69, 9.17) is 5.10 Å². The Morgan fingerprint density at radius 2 is 1.86 bits per heavy atom. The van der Waals surface area contributed by atoms with Crippen LogP contribution in [0.15, 0.2) is 59.8 Å². The van der Waals surface area contributed by atoms with Crippen LogP contribution in [0.25, 0.3) is 11.3 Å². The summed E-state index contributed by atoms with van der Waals surface area (Å²) in [6.45, 7) is 1.32. The van der Waals surface area contributed by atoms with Crippen molar-refractivity contribution in [3.63, 3.8) is 0 Å². The number of nitrogens with one attached hydrogen (secondary N) is 1. The molecule has 0 radical (unpaired) electrons. The van der Waals surface area contributed by atoms with Gasteiger partial charge in [0.05, 0.1) is 12.2 Å². The van der Waals surface area contributed by atoms with Crippen molar-refractivity contribution in [2.45, 2.75) is 43.5 Å². The predicted octanol–water partition coefficient (Wildman–Crippen LogP) is 4.12. The Bertz CT molecular complexity index is 940. The Balaban J connectivity index is 1.31. The van der Waals surface area contributed by atoms with E-state index in [1.165, 1.54) is 29.0 Å². The average Bonchev–Trinajstić information content (AvgIpc) is 3.14. The molecule has 0 unspecified atom stereocenters. The van der Waals surface area contributed by atoms with Crippen molar-refractivity contribution < 1.29 is 4.79 Å². The first-order chi connectivity index (χ1) is 14.3. The van der Waals surface area contributed by atoms with Crippen molar-refractivity contribution in [1.82, 2.24) is 20.1 Å². The summed E-state index contributed by atoms with van der Waals surface area (Å²) in [5.41, 5.74) is 4.90. The summed E-state index contributed by atoms with van der Waals surface area (Å²) >= 11 is 1.71. The van der Waals surface area contributed by atoms with Gasteiger partial charge in [0, 0.05) is 52.8 Å². The minimum Gasteiger partial charge on any atom is -0.354 e. The van der Waals surface area contributed by atoms with Gasteiger partial charge in [0.25, 0.3) is 0 Å². The van der Waals surface area contributed by atoms with Gasteiger partial charge in [-0.2, -0.15) is 5.10 Å². The van der Waals surface area contributed by atoms with E-state index in [-0.39, 0.29) is 5.91 Å². The van der Waals surface area contributed by atoms with E-state index < -0.39 is 0 Å². The lowest BCUT2D eigenvalue weighted by molar-refractivity contribution is -0.120. The Labute approximate surface area is 175 Å². The number of carbonyl (C=O) groups is 1. The quantitative estimate of drug-likeness (QED) is 0.572. The summed E-state index contributed by atoms with van der Waals surface area (Å²) < 4.78 is 2.10. The molecule has 5 nitrogen and oxygen atoms in total. The lowest BCUT2D eigenvalue weighted by Crippen LogP contribution is -2.28. The fourth-order valence-corrected chi connectivity index (χ4v) is 4.64. The smallest absolute Gasteiger partial charge is 0.220 e. The van der Waals surface area contributed by atoms with Crippen LogP contribution in [-0.2, 0) is 24.2 Å². The fraction of sp³-hybridized carbons (Fsp3) is 0.348. The summed E-state index contributed by atoms with van der Waals surface area (Å²) in [6.07, 6.45) is 8.73. The van der Waals surface area contributed by atoms with Crippen LogP contribution < -0.4 is 5.32 Å². The summed E-state index contributed by atoms with van der Waals surface area (Å²) in [5.74, 6) is 0.892. The normalized spacial score (nSPS) is 13.1. The number of aromatic nitrogens is 3. The highest BCUT2D eigenvalue weighted by molar-refractivity contribution is 7.99. The van der Waals surface area contributed by atoms with Crippen LogP contribution in [0.5, 0.6) is 0 Å². The van der Waals surface area contributed by atoms with Gasteiger partial charge < -0.3 is 5.32 Å². The maximum atomic E-state index is 12.2. The number of pyridine rings is 1. The number of fused-ring (bicyclic) bond motifs is 1. The maximum absolute atomic E-state index is 12.2. The summed E-state index contributed by atoms with van der Waals surface area (Å²) in [4.78, 5) is 17.5. The number of thioether (sulfide) groups is 1. The summed E-state index contributed by atoms with van der Waals surface area (Å²) in [6, 6.07) is 14.2. The molecule has 2 heterocycles. The van der Waals surface area contributed by atoms with Crippen molar-refractivity contribution in [3.8, 4) is 11.3 Å². The molecule has 0 bridgehead atoms. The van der Waals surface area contributed by atoms with Crippen LogP contribution in [0.2, 0.25) is 0 Å². The highest BCUT2D eigenvalue weighted by Crippen LogP contribution is 2.30. The molecule has 1 N–H and O–H groups in total. The predicted molar refractivity (Wildman–Crippen MR) is 117 cm³/mol. The molecule has 1 aliphatic rings. The highest BCUT2D eigenvalue weighted by Gasteiger charge is 2.21. The zero-order valence-corrected chi connectivity index (χ0v) is 17.3. The molecule has 1 amide bonds. The first kappa shape index (κ1) is 19.7. The van der Waals surface area contributed by atoms with Gasteiger partial charge in [-0.15, -0.1) is 11.8 Å². The molecule has 29 heavy (non-hydrogen) atoms. The standard InChI is InChI=1S/C23H26N4OS/c28-22(12-17-29-19-6-2-1-3-7-19)25-15-16-27-21-9-5-4-8-20(21)23(26-27)18-10-13-24-14-11-18/h1-3,6-7,10-11,13-14H,4-5,8-9,12,15-17H2,(H,25,28). The number of carbonyl (C=O) groups excluding carboxylic acids is 1. The number of hydrogen-bond acceptors (Lipinski definition) is 4. The molecule has 0 fully saturated rings. The molecular weight excluding hydrogens is 380 g/mol. The molecule has 0 spiro atoms. The van der Waals surface area contributed by atoms with Gasteiger partial charge in [-0.25, -0.2) is 0 Å². The van der Waals surface area contributed by atoms with Crippen molar-refractivity contribution in [2.75, 3.05) is 12.3 Å². The Kier molecular flexibility index (Phi) is 6.62. The number of amides is 1. The zero-order chi connectivity index (χ0) is 19.9. The van der Waals surface area contributed by atoms with Gasteiger partial charge in [-0.05, 0) is 49.9 Å². The van der Waals surface area contributed by atoms with Crippen molar-refractivity contribution in [2.24, 2.45) is 0 Å². The second kappa shape index (κ2) is 9.74. The lowest BCUT2D eigenvalue weighted by atomic mass is 9.94. The van der Waals surface area contributed by atoms with Crippen LogP contribution in [0, 0.1) is 0 Å². The number of hydrogen-bond donors (Lipinski definition) is 1. The van der Waals surface area contributed by atoms with E-state index in [0.717, 1.165) is 29.9 Å². The largest absolute Gasteiger partial charge is 0.354 e. The number of benzene rings is 1. The molecule has 0 aliphatic heterocycles. The van der Waals surface area contributed by atoms with Gasteiger partial charge in [-0.1, -0.05) is 18.2 Å². The fourth-order valence-electron chi connectivity index (χ4n) is 3.77. The molecule has 0 atom stereocenters. The molecule has 1 aliphatic carbocycles. The molecule has 1 aromatic carbocycles. The molecular formula is C23H26N4OS. The third kappa shape index (κ3) is 5.07. The van der Waals surface area contributed by atoms with Crippen molar-refractivity contribution in [1.29, 1.82) is 0 Å². The lowest BCUT2D eigenvalue weighted by Gasteiger charge is -2.14. The molecule has 4 rings (SSSR count). The average molecular weight is 407 g/mol.